The summed E-state index contributed by atoms with van der Waals surface area (Å²) >= 11 is 0. The second-order valence-electron chi connectivity index (χ2n) is 4.02. The average Bonchev–Trinajstić information content (AvgIpc) is 2.25. The maximum Gasteiger partial charge on any atom is 0.123 e. The molecular formula is C13H19FO2. The zero-order chi connectivity index (χ0) is 12.1. The van der Waals surface area contributed by atoms with E-state index in [0.717, 1.165) is 17.5 Å². The van der Waals surface area contributed by atoms with E-state index in [1.807, 2.05) is 13.8 Å². The van der Waals surface area contributed by atoms with E-state index in [1.54, 1.807) is 13.2 Å². The molecule has 0 saturated heterocycles. The van der Waals surface area contributed by atoms with Crippen LogP contribution in [-0.4, -0.2) is 24.4 Å². The molecule has 1 aromatic carbocycles. The molecule has 1 rings (SSSR count). The fourth-order valence-electron chi connectivity index (χ4n) is 1.81. The fraction of sp³-hybridized carbons (Fsp3) is 0.538. The Balaban J connectivity index is 2.75. The Labute approximate surface area is 96.1 Å². The molecule has 0 aromatic heterocycles. The van der Waals surface area contributed by atoms with Gasteiger partial charge in [-0.05, 0) is 36.6 Å². The van der Waals surface area contributed by atoms with Gasteiger partial charge in [-0.15, -0.1) is 0 Å². The van der Waals surface area contributed by atoms with E-state index in [-0.39, 0.29) is 11.9 Å². The molecule has 0 fully saturated rings. The predicted octanol–water partition coefficient (Wildman–Crippen LogP) is 2.46. The molecule has 2 atom stereocenters. The summed E-state index contributed by atoms with van der Waals surface area (Å²) in [4.78, 5) is 0. The molecule has 16 heavy (non-hydrogen) atoms. The molecule has 1 N–H and O–H groups in total. The Hall–Kier alpha value is -0.930. The van der Waals surface area contributed by atoms with Crippen LogP contribution in [0.4, 0.5) is 4.39 Å². The zero-order valence-electron chi connectivity index (χ0n) is 10.0. The monoisotopic (exact) mass is 226 g/mol. The van der Waals surface area contributed by atoms with Crippen molar-refractivity contribution >= 4 is 0 Å². The van der Waals surface area contributed by atoms with E-state index in [0.29, 0.717) is 6.42 Å². The Bertz CT molecular complexity index is 335. The van der Waals surface area contributed by atoms with Crippen LogP contribution in [0, 0.1) is 12.7 Å². The average molecular weight is 226 g/mol. The highest BCUT2D eigenvalue weighted by Crippen LogP contribution is 2.15. The van der Waals surface area contributed by atoms with Gasteiger partial charge in [0.25, 0.3) is 0 Å². The lowest BCUT2D eigenvalue weighted by Crippen LogP contribution is -2.29. The van der Waals surface area contributed by atoms with E-state index >= 15 is 0 Å². The van der Waals surface area contributed by atoms with Gasteiger partial charge in [-0.2, -0.15) is 0 Å². The van der Waals surface area contributed by atoms with Crippen molar-refractivity contribution in [2.45, 2.75) is 38.9 Å². The van der Waals surface area contributed by atoms with Crippen LogP contribution in [0.2, 0.25) is 0 Å². The van der Waals surface area contributed by atoms with E-state index in [2.05, 4.69) is 0 Å². The number of halogens is 1. The molecular weight excluding hydrogens is 207 g/mol. The first-order valence-electron chi connectivity index (χ1n) is 5.54. The summed E-state index contributed by atoms with van der Waals surface area (Å²) < 4.78 is 18.2. The lowest BCUT2D eigenvalue weighted by Gasteiger charge is -2.20. The molecule has 90 valence electrons. The van der Waals surface area contributed by atoms with Crippen molar-refractivity contribution in [2.24, 2.45) is 0 Å². The molecule has 0 heterocycles. The normalized spacial score (nSPS) is 14.8. The van der Waals surface area contributed by atoms with Gasteiger partial charge in [0.05, 0.1) is 12.2 Å². The highest BCUT2D eigenvalue weighted by Gasteiger charge is 2.18. The summed E-state index contributed by atoms with van der Waals surface area (Å²) in [7, 11) is 1.58. The molecule has 0 saturated carbocycles. The van der Waals surface area contributed by atoms with Crippen molar-refractivity contribution in [1.29, 1.82) is 0 Å². The Morgan fingerprint density at radius 1 is 1.44 bits per heavy atom. The van der Waals surface area contributed by atoms with Gasteiger partial charge in [-0.25, -0.2) is 4.39 Å². The van der Waals surface area contributed by atoms with Crippen molar-refractivity contribution in [3.8, 4) is 0 Å². The lowest BCUT2D eigenvalue weighted by molar-refractivity contribution is -0.0129. The summed E-state index contributed by atoms with van der Waals surface area (Å²) in [6.45, 7) is 3.87. The number of rotatable bonds is 5. The number of aliphatic hydroxyl groups excluding tert-OH is 1. The fourth-order valence-corrected chi connectivity index (χ4v) is 1.81. The van der Waals surface area contributed by atoms with Crippen LogP contribution in [0.15, 0.2) is 18.2 Å². The topological polar surface area (TPSA) is 29.5 Å². The number of ether oxygens (including phenoxy) is 1. The third kappa shape index (κ3) is 3.29. The number of hydrogen-bond donors (Lipinski definition) is 1. The number of aliphatic hydroxyl groups is 1. The first kappa shape index (κ1) is 13.1. The maximum atomic E-state index is 13.0. The van der Waals surface area contributed by atoms with E-state index < -0.39 is 6.10 Å². The van der Waals surface area contributed by atoms with E-state index in [4.69, 9.17) is 4.74 Å². The SMILES string of the molecule is CCC(OC)C(O)Cc1cc(F)ccc1C. The predicted molar refractivity (Wildman–Crippen MR) is 61.9 cm³/mol. The highest BCUT2D eigenvalue weighted by atomic mass is 19.1. The van der Waals surface area contributed by atoms with Gasteiger partial charge in [0.2, 0.25) is 0 Å². The molecule has 2 unspecified atom stereocenters. The summed E-state index contributed by atoms with van der Waals surface area (Å²) in [5, 5.41) is 9.93. The van der Waals surface area contributed by atoms with Crippen LogP contribution < -0.4 is 0 Å². The molecule has 1 aromatic rings. The molecule has 0 aliphatic rings. The number of methoxy groups -OCH3 is 1. The number of hydrogen-bond acceptors (Lipinski definition) is 2. The largest absolute Gasteiger partial charge is 0.390 e. The summed E-state index contributed by atoms with van der Waals surface area (Å²) in [5.74, 6) is -0.265. The maximum absolute atomic E-state index is 13.0. The molecule has 0 aliphatic carbocycles. The molecule has 0 spiro atoms. The zero-order valence-corrected chi connectivity index (χ0v) is 10.0. The van der Waals surface area contributed by atoms with Gasteiger partial charge >= 0.3 is 0 Å². The van der Waals surface area contributed by atoms with Crippen molar-refractivity contribution in [1.82, 2.24) is 0 Å². The quantitative estimate of drug-likeness (QED) is 0.835. The Kier molecular flexibility index (Phi) is 4.90. The van der Waals surface area contributed by atoms with Crippen LogP contribution in [-0.2, 0) is 11.2 Å². The summed E-state index contributed by atoms with van der Waals surface area (Å²) in [6.07, 6.45) is 0.389. The smallest absolute Gasteiger partial charge is 0.123 e. The summed E-state index contributed by atoms with van der Waals surface area (Å²) in [5.41, 5.74) is 1.83. The second-order valence-corrected chi connectivity index (χ2v) is 4.02. The first-order valence-corrected chi connectivity index (χ1v) is 5.54. The molecule has 0 amide bonds. The second kappa shape index (κ2) is 5.97. The van der Waals surface area contributed by atoms with Crippen LogP contribution in [0.25, 0.3) is 0 Å². The summed E-state index contributed by atoms with van der Waals surface area (Å²) in [6, 6.07) is 4.63. The molecule has 0 aliphatic heterocycles. The van der Waals surface area contributed by atoms with Crippen molar-refractivity contribution < 1.29 is 14.2 Å². The minimum absolute atomic E-state index is 0.192. The van der Waals surface area contributed by atoms with Crippen LogP contribution >= 0.6 is 0 Å². The van der Waals surface area contributed by atoms with Crippen molar-refractivity contribution in [3.63, 3.8) is 0 Å². The van der Waals surface area contributed by atoms with E-state index in [9.17, 15) is 9.50 Å². The minimum atomic E-state index is -0.588. The number of aryl methyl sites for hydroxylation is 1. The van der Waals surface area contributed by atoms with Gasteiger partial charge in [-0.1, -0.05) is 13.0 Å². The van der Waals surface area contributed by atoms with Crippen LogP contribution in [0.1, 0.15) is 24.5 Å². The Morgan fingerprint density at radius 3 is 2.69 bits per heavy atom. The first-order chi connectivity index (χ1) is 7.58. The van der Waals surface area contributed by atoms with Crippen molar-refractivity contribution in [3.05, 3.63) is 35.1 Å². The van der Waals surface area contributed by atoms with E-state index in [1.165, 1.54) is 12.1 Å². The van der Waals surface area contributed by atoms with Gasteiger partial charge < -0.3 is 9.84 Å². The molecule has 0 radical (unpaired) electrons. The molecule has 3 heteroatoms. The third-order valence-electron chi connectivity index (χ3n) is 2.87. The standard InChI is InChI=1S/C13H19FO2/c1-4-13(16-3)12(15)8-10-7-11(14)6-5-9(10)2/h5-7,12-13,15H,4,8H2,1-3H3. The van der Waals surface area contributed by atoms with Gasteiger partial charge in [0.15, 0.2) is 0 Å². The minimum Gasteiger partial charge on any atom is -0.390 e. The number of benzene rings is 1. The molecule has 2 nitrogen and oxygen atoms in total. The molecule has 0 bridgehead atoms. The lowest BCUT2D eigenvalue weighted by atomic mass is 9.98. The third-order valence-corrected chi connectivity index (χ3v) is 2.87. The van der Waals surface area contributed by atoms with Gasteiger partial charge in [-0.3, -0.25) is 0 Å². The highest BCUT2D eigenvalue weighted by molar-refractivity contribution is 5.27. The van der Waals surface area contributed by atoms with Gasteiger partial charge in [0, 0.05) is 13.5 Å². The Morgan fingerprint density at radius 2 is 2.12 bits per heavy atom. The van der Waals surface area contributed by atoms with Gasteiger partial charge in [0.1, 0.15) is 5.82 Å². The van der Waals surface area contributed by atoms with Crippen LogP contribution in [0.3, 0.4) is 0 Å². The van der Waals surface area contributed by atoms with Crippen LogP contribution in [0.5, 0.6) is 0 Å². The van der Waals surface area contributed by atoms with Crippen molar-refractivity contribution in [2.75, 3.05) is 7.11 Å².